The molecule has 0 saturated carbocycles. The number of carbonyl (C=O) groups excluding carboxylic acids is 2. The van der Waals surface area contributed by atoms with Crippen molar-refractivity contribution in [2.75, 3.05) is 10.6 Å². The molecule has 176 valence electrons. The molecule has 1 atom stereocenters. The van der Waals surface area contributed by atoms with Crippen molar-refractivity contribution in [3.05, 3.63) is 77.4 Å². The first-order valence-corrected chi connectivity index (χ1v) is 10.7. The monoisotopic (exact) mass is 462 g/mol. The number of phenols is 1. The molecule has 0 saturated heterocycles. The fourth-order valence-electron chi connectivity index (χ4n) is 3.64. The number of aromatic hydroxyl groups is 1. The molecular formula is C26H26N2O6. The van der Waals surface area contributed by atoms with Crippen LogP contribution in [0, 0.1) is 13.8 Å². The van der Waals surface area contributed by atoms with Crippen LogP contribution in [0.5, 0.6) is 17.2 Å². The molecule has 0 fully saturated rings. The number of carboxylic acid groups (broad SMARTS) is 1. The summed E-state index contributed by atoms with van der Waals surface area (Å²) in [5, 5.41) is 24.2. The molecule has 8 heteroatoms. The number of rotatable bonds is 7. The van der Waals surface area contributed by atoms with E-state index in [4.69, 9.17) is 9.84 Å². The van der Waals surface area contributed by atoms with E-state index in [-0.39, 0.29) is 23.3 Å². The molecule has 0 radical (unpaired) electrons. The summed E-state index contributed by atoms with van der Waals surface area (Å²) in [6, 6.07) is 17.1. The van der Waals surface area contributed by atoms with E-state index >= 15 is 0 Å². The smallest absolute Gasteiger partial charge is 0.394 e. The predicted molar refractivity (Wildman–Crippen MR) is 128 cm³/mol. The number of benzene rings is 3. The van der Waals surface area contributed by atoms with Gasteiger partial charge < -0.3 is 25.6 Å². The normalized spacial score (nSPS) is 11.4. The predicted octanol–water partition coefficient (Wildman–Crippen LogP) is 4.96. The van der Waals surface area contributed by atoms with Crippen LogP contribution in [-0.4, -0.2) is 28.0 Å². The van der Waals surface area contributed by atoms with E-state index in [9.17, 15) is 19.5 Å². The van der Waals surface area contributed by atoms with Crippen LogP contribution in [0.15, 0.2) is 60.7 Å². The molecule has 0 aliphatic rings. The SMILES string of the molecule is CCC(C(=O)Nc1cc(Oc2c(C)cc(NC(=O)C(=O)O)cc2C)ccc1O)c1ccccc1. The zero-order chi connectivity index (χ0) is 24.8. The van der Waals surface area contributed by atoms with Gasteiger partial charge in [0.15, 0.2) is 0 Å². The first-order valence-electron chi connectivity index (χ1n) is 10.7. The Morgan fingerprint density at radius 1 is 0.941 bits per heavy atom. The van der Waals surface area contributed by atoms with E-state index in [0.717, 1.165) is 5.56 Å². The summed E-state index contributed by atoms with van der Waals surface area (Å²) < 4.78 is 6.00. The van der Waals surface area contributed by atoms with Gasteiger partial charge in [-0.3, -0.25) is 9.59 Å². The van der Waals surface area contributed by atoms with Gasteiger partial charge in [0.05, 0.1) is 11.6 Å². The van der Waals surface area contributed by atoms with Crippen molar-refractivity contribution in [2.24, 2.45) is 0 Å². The number of carboxylic acids is 1. The van der Waals surface area contributed by atoms with Crippen LogP contribution in [-0.2, 0) is 14.4 Å². The Bertz CT molecular complexity index is 1200. The van der Waals surface area contributed by atoms with Gasteiger partial charge in [-0.15, -0.1) is 0 Å². The Balaban J connectivity index is 1.81. The number of aliphatic carboxylic acids is 1. The maximum absolute atomic E-state index is 12.9. The standard InChI is InChI=1S/C26H26N2O6/c1-4-20(17-8-6-5-7-9-17)24(30)28-21-14-19(10-11-22(21)29)34-23-15(2)12-18(13-16(23)3)27-25(31)26(32)33/h5-14,20,29H,4H2,1-3H3,(H,27,31)(H,28,30)(H,32,33). The van der Waals surface area contributed by atoms with Gasteiger partial charge in [0.25, 0.3) is 0 Å². The van der Waals surface area contributed by atoms with Gasteiger partial charge in [0.2, 0.25) is 5.91 Å². The Morgan fingerprint density at radius 2 is 1.59 bits per heavy atom. The number of hydrogen-bond acceptors (Lipinski definition) is 5. The second-order valence-corrected chi connectivity index (χ2v) is 7.84. The van der Waals surface area contributed by atoms with E-state index in [1.54, 1.807) is 32.0 Å². The second kappa shape index (κ2) is 10.5. The molecule has 3 rings (SSSR count). The maximum atomic E-state index is 12.9. The van der Waals surface area contributed by atoms with Gasteiger partial charge >= 0.3 is 11.9 Å². The summed E-state index contributed by atoms with van der Waals surface area (Å²) in [7, 11) is 0. The fourth-order valence-corrected chi connectivity index (χ4v) is 3.64. The summed E-state index contributed by atoms with van der Waals surface area (Å²) in [4.78, 5) is 35.1. The van der Waals surface area contributed by atoms with Gasteiger partial charge in [-0.25, -0.2) is 4.79 Å². The molecule has 34 heavy (non-hydrogen) atoms. The zero-order valence-electron chi connectivity index (χ0n) is 19.1. The molecule has 0 heterocycles. The van der Waals surface area contributed by atoms with Crippen LogP contribution in [0.4, 0.5) is 11.4 Å². The van der Waals surface area contributed by atoms with Crippen molar-refractivity contribution in [3.63, 3.8) is 0 Å². The highest BCUT2D eigenvalue weighted by molar-refractivity contribution is 6.36. The minimum absolute atomic E-state index is 0.0937. The minimum atomic E-state index is -1.58. The largest absolute Gasteiger partial charge is 0.506 e. The molecule has 8 nitrogen and oxygen atoms in total. The van der Waals surface area contributed by atoms with Crippen molar-refractivity contribution in [1.82, 2.24) is 0 Å². The van der Waals surface area contributed by atoms with Gasteiger partial charge in [-0.05, 0) is 61.2 Å². The first-order chi connectivity index (χ1) is 16.2. The van der Waals surface area contributed by atoms with Crippen molar-refractivity contribution in [1.29, 1.82) is 0 Å². The molecule has 0 bridgehead atoms. The Morgan fingerprint density at radius 3 is 2.18 bits per heavy atom. The average molecular weight is 463 g/mol. The summed E-state index contributed by atoms with van der Waals surface area (Å²) in [5.41, 5.74) is 2.76. The van der Waals surface area contributed by atoms with E-state index < -0.39 is 11.9 Å². The summed E-state index contributed by atoms with van der Waals surface area (Å²) in [6.45, 7) is 5.44. The summed E-state index contributed by atoms with van der Waals surface area (Å²) in [6.07, 6.45) is 0.593. The van der Waals surface area contributed by atoms with Gasteiger partial charge in [0.1, 0.15) is 17.2 Å². The van der Waals surface area contributed by atoms with E-state index in [1.807, 2.05) is 37.3 Å². The van der Waals surface area contributed by atoms with Crippen LogP contribution in [0.3, 0.4) is 0 Å². The number of amides is 2. The van der Waals surface area contributed by atoms with Crippen LogP contribution in [0.1, 0.15) is 36.0 Å². The second-order valence-electron chi connectivity index (χ2n) is 7.84. The summed E-state index contributed by atoms with van der Waals surface area (Å²) in [5.74, 6) is -2.53. The third-order valence-corrected chi connectivity index (χ3v) is 5.28. The van der Waals surface area contributed by atoms with Gasteiger partial charge in [-0.2, -0.15) is 0 Å². The van der Waals surface area contributed by atoms with Gasteiger partial charge in [-0.1, -0.05) is 37.3 Å². The molecular weight excluding hydrogens is 436 g/mol. The number of hydrogen-bond donors (Lipinski definition) is 4. The average Bonchev–Trinajstić information content (AvgIpc) is 2.79. The molecule has 0 aliphatic carbocycles. The lowest BCUT2D eigenvalue weighted by Gasteiger charge is -2.18. The lowest BCUT2D eigenvalue weighted by molar-refractivity contribution is -0.147. The third kappa shape index (κ3) is 5.72. The van der Waals surface area contributed by atoms with Crippen molar-refractivity contribution in [2.45, 2.75) is 33.1 Å². The molecule has 4 N–H and O–H groups in total. The molecule has 2 amide bonds. The number of anilines is 2. The van der Waals surface area contributed by atoms with Gasteiger partial charge in [0, 0.05) is 11.8 Å². The lowest BCUT2D eigenvalue weighted by atomic mass is 9.95. The highest BCUT2D eigenvalue weighted by Crippen LogP contribution is 2.35. The van der Waals surface area contributed by atoms with E-state index in [1.165, 1.54) is 12.1 Å². The first kappa shape index (κ1) is 24.3. The number of aryl methyl sites for hydroxylation is 2. The van der Waals surface area contributed by atoms with E-state index in [2.05, 4.69) is 10.6 Å². The Hall–Kier alpha value is -4.33. The number of nitrogens with one attached hydrogen (secondary N) is 2. The quantitative estimate of drug-likeness (QED) is 0.291. The fraction of sp³-hybridized carbons (Fsp3) is 0.192. The highest BCUT2D eigenvalue weighted by Gasteiger charge is 2.20. The number of ether oxygens (including phenoxy) is 1. The van der Waals surface area contributed by atoms with Crippen molar-refractivity contribution < 1.29 is 29.3 Å². The molecule has 0 aromatic heterocycles. The minimum Gasteiger partial charge on any atom is -0.506 e. The number of carbonyl (C=O) groups is 3. The van der Waals surface area contributed by atoms with Crippen LogP contribution in [0.25, 0.3) is 0 Å². The molecule has 3 aromatic rings. The van der Waals surface area contributed by atoms with Crippen LogP contribution < -0.4 is 15.4 Å². The van der Waals surface area contributed by atoms with Crippen LogP contribution >= 0.6 is 0 Å². The Kier molecular flexibility index (Phi) is 7.53. The molecule has 0 spiro atoms. The molecule has 3 aromatic carbocycles. The zero-order valence-corrected chi connectivity index (χ0v) is 19.1. The number of phenolic OH excluding ortho intramolecular Hbond substituents is 1. The maximum Gasteiger partial charge on any atom is 0.394 e. The summed E-state index contributed by atoms with van der Waals surface area (Å²) >= 11 is 0. The molecule has 0 aliphatic heterocycles. The Labute approximate surface area is 197 Å². The van der Waals surface area contributed by atoms with Crippen molar-refractivity contribution in [3.8, 4) is 17.2 Å². The van der Waals surface area contributed by atoms with Crippen LogP contribution in [0.2, 0.25) is 0 Å². The molecule has 1 unspecified atom stereocenters. The van der Waals surface area contributed by atoms with E-state index in [0.29, 0.717) is 34.7 Å². The topological polar surface area (TPSA) is 125 Å². The highest BCUT2D eigenvalue weighted by atomic mass is 16.5. The lowest BCUT2D eigenvalue weighted by Crippen LogP contribution is -2.21. The van der Waals surface area contributed by atoms with Crippen molar-refractivity contribution >= 4 is 29.2 Å². The third-order valence-electron chi connectivity index (χ3n) is 5.28.